The number of carboxylic acid groups (broad SMARTS) is 1. The average Bonchev–Trinajstić information content (AvgIpc) is 2.25. The quantitative estimate of drug-likeness (QED) is 0.552. The third kappa shape index (κ3) is 5.24. The number of nitrogens with one attached hydrogen (secondary N) is 2. The van der Waals surface area contributed by atoms with Gasteiger partial charge in [-0.15, -0.1) is 0 Å². The van der Waals surface area contributed by atoms with Crippen LogP contribution in [0.2, 0.25) is 0 Å². The van der Waals surface area contributed by atoms with Crippen molar-refractivity contribution < 1.29 is 9.90 Å². The lowest BCUT2D eigenvalue weighted by molar-refractivity contribution is -0.133. The molecule has 0 heterocycles. The lowest BCUT2D eigenvalue weighted by atomic mass is 10.3. The monoisotopic (exact) mass is 242 g/mol. The van der Waals surface area contributed by atoms with Crippen LogP contribution in [0.4, 0.5) is 5.69 Å². The van der Waals surface area contributed by atoms with Crippen LogP contribution >= 0.6 is 24.0 Å². The van der Waals surface area contributed by atoms with Crippen molar-refractivity contribution in [3.63, 3.8) is 0 Å². The molecule has 1 aromatic carbocycles. The molecule has 6 heteroatoms. The molecule has 0 spiro atoms. The lowest BCUT2D eigenvalue weighted by Gasteiger charge is -2.08. The van der Waals surface area contributed by atoms with Crippen molar-refractivity contribution in [2.45, 2.75) is 0 Å². The van der Waals surface area contributed by atoms with Crippen LogP contribution in [0.25, 0.3) is 0 Å². The molecule has 1 rings (SSSR count). The highest BCUT2D eigenvalue weighted by Crippen LogP contribution is 2.05. The van der Waals surface area contributed by atoms with Crippen LogP contribution in [0.15, 0.2) is 30.3 Å². The number of thiocarbonyl (C=S) groups is 1. The fourth-order valence-corrected chi connectivity index (χ4v) is 1.41. The van der Waals surface area contributed by atoms with E-state index in [1.807, 2.05) is 30.3 Å². The number of anilines is 1. The number of hydrogen-bond donors (Lipinski definition) is 3. The van der Waals surface area contributed by atoms with E-state index in [2.05, 4.69) is 10.9 Å². The third-order valence-electron chi connectivity index (χ3n) is 1.41. The maximum Gasteiger partial charge on any atom is 0.313 e. The normalized spacial score (nSPS) is 9.33. The molecule has 0 radical (unpaired) electrons. The molecular weight excluding hydrogens is 232 g/mol. The van der Waals surface area contributed by atoms with E-state index in [4.69, 9.17) is 17.3 Å². The molecule has 15 heavy (non-hydrogen) atoms. The Bertz CT molecular complexity index is 343. The van der Waals surface area contributed by atoms with Gasteiger partial charge in [0.1, 0.15) is 0 Å². The van der Waals surface area contributed by atoms with Crippen LogP contribution in [0, 0.1) is 0 Å². The summed E-state index contributed by atoms with van der Waals surface area (Å²) in [5.41, 5.74) is 6.47. The fraction of sp³-hybridized carbons (Fsp3) is 0.111. The van der Waals surface area contributed by atoms with Crippen molar-refractivity contribution in [1.82, 2.24) is 5.43 Å². The molecular formula is C9H10N2O2S2. The van der Waals surface area contributed by atoms with E-state index in [0.717, 1.165) is 17.4 Å². The maximum absolute atomic E-state index is 10.2. The second-order valence-electron chi connectivity index (χ2n) is 2.59. The molecule has 4 nitrogen and oxygen atoms in total. The molecule has 3 N–H and O–H groups in total. The Balaban J connectivity index is 2.26. The number of carboxylic acids is 1. The zero-order valence-electron chi connectivity index (χ0n) is 7.77. The van der Waals surface area contributed by atoms with E-state index in [0.29, 0.717) is 4.32 Å². The van der Waals surface area contributed by atoms with Crippen LogP contribution in [0.5, 0.6) is 0 Å². The van der Waals surface area contributed by atoms with Crippen LogP contribution in [0.1, 0.15) is 0 Å². The zero-order valence-corrected chi connectivity index (χ0v) is 9.40. The van der Waals surface area contributed by atoms with Gasteiger partial charge in [-0.2, -0.15) is 0 Å². The van der Waals surface area contributed by atoms with Crippen molar-refractivity contribution >= 4 is 40.0 Å². The molecule has 0 fully saturated rings. The zero-order chi connectivity index (χ0) is 11.1. The number of benzene rings is 1. The molecule has 0 bridgehead atoms. The summed E-state index contributed by atoms with van der Waals surface area (Å²) in [6.45, 7) is 0. The first-order chi connectivity index (χ1) is 7.18. The Labute approximate surface area is 97.0 Å². The molecule has 0 aliphatic carbocycles. The first-order valence-corrected chi connectivity index (χ1v) is 5.53. The molecule has 1 aromatic rings. The molecule has 0 atom stereocenters. The van der Waals surface area contributed by atoms with Crippen LogP contribution in [-0.2, 0) is 4.79 Å². The Morgan fingerprint density at radius 1 is 1.40 bits per heavy atom. The minimum atomic E-state index is -0.885. The van der Waals surface area contributed by atoms with Gasteiger partial charge in [-0.1, -0.05) is 42.2 Å². The van der Waals surface area contributed by atoms with Crippen molar-refractivity contribution in [2.24, 2.45) is 0 Å². The summed E-state index contributed by atoms with van der Waals surface area (Å²) in [5.74, 6) is -0.925. The molecule has 0 aliphatic rings. The first kappa shape index (κ1) is 11.8. The van der Waals surface area contributed by atoms with Gasteiger partial charge in [-0.25, -0.2) is 0 Å². The minimum absolute atomic E-state index is 0.0394. The predicted molar refractivity (Wildman–Crippen MR) is 65.9 cm³/mol. The predicted octanol–water partition coefficient (Wildman–Crippen LogP) is 1.71. The van der Waals surface area contributed by atoms with E-state index in [-0.39, 0.29) is 5.75 Å². The average molecular weight is 242 g/mol. The van der Waals surface area contributed by atoms with Gasteiger partial charge in [0.05, 0.1) is 11.4 Å². The van der Waals surface area contributed by atoms with Crippen molar-refractivity contribution in [3.8, 4) is 0 Å². The van der Waals surface area contributed by atoms with E-state index < -0.39 is 5.97 Å². The van der Waals surface area contributed by atoms with Crippen molar-refractivity contribution in [2.75, 3.05) is 11.2 Å². The standard InChI is InChI=1S/C9H10N2O2S2/c12-8(13)6-15-9(14)11-10-7-4-2-1-3-5-7/h1-5,10H,6H2,(H,11,14)(H,12,13). The Morgan fingerprint density at radius 2 is 2.07 bits per heavy atom. The topological polar surface area (TPSA) is 61.4 Å². The molecule has 0 saturated heterocycles. The minimum Gasteiger partial charge on any atom is -0.481 e. The van der Waals surface area contributed by atoms with E-state index in [9.17, 15) is 4.79 Å². The van der Waals surface area contributed by atoms with E-state index in [1.54, 1.807) is 0 Å². The summed E-state index contributed by atoms with van der Waals surface area (Å²) in [6.07, 6.45) is 0. The highest BCUT2D eigenvalue weighted by molar-refractivity contribution is 8.23. The van der Waals surface area contributed by atoms with E-state index >= 15 is 0 Å². The lowest BCUT2D eigenvalue weighted by Crippen LogP contribution is -2.26. The summed E-state index contributed by atoms with van der Waals surface area (Å²) in [6, 6.07) is 9.42. The Morgan fingerprint density at radius 3 is 2.67 bits per heavy atom. The highest BCUT2D eigenvalue weighted by Gasteiger charge is 2.01. The van der Waals surface area contributed by atoms with Gasteiger partial charge in [-0.3, -0.25) is 15.6 Å². The van der Waals surface area contributed by atoms with E-state index in [1.165, 1.54) is 0 Å². The Hall–Kier alpha value is -1.27. The summed E-state index contributed by atoms with van der Waals surface area (Å²) >= 11 is 5.96. The summed E-state index contributed by atoms with van der Waals surface area (Å²) in [4.78, 5) is 10.2. The highest BCUT2D eigenvalue weighted by atomic mass is 32.2. The molecule has 0 unspecified atom stereocenters. The number of rotatable bonds is 4. The van der Waals surface area contributed by atoms with Crippen LogP contribution < -0.4 is 10.9 Å². The van der Waals surface area contributed by atoms with Crippen LogP contribution in [0.3, 0.4) is 0 Å². The third-order valence-corrected chi connectivity index (χ3v) is 2.62. The second kappa shape index (κ2) is 6.26. The van der Waals surface area contributed by atoms with Gasteiger partial charge >= 0.3 is 5.97 Å². The number of aliphatic carboxylic acids is 1. The van der Waals surface area contributed by atoms with Gasteiger partial charge in [0.15, 0.2) is 4.32 Å². The molecule has 0 amide bonds. The van der Waals surface area contributed by atoms with Gasteiger partial charge in [0.25, 0.3) is 0 Å². The number of para-hydroxylation sites is 1. The molecule has 0 aromatic heterocycles. The van der Waals surface area contributed by atoms with Crippen LogP contribution in [-0.4, -0.2) is 21.1 Å². The van der Waals surface area contributed by atoms with Gasteiger partial charge in [0, 0.05) is 0 Å². The number of hydrazine groups is 1. The van der Waals surface area contributed by atoms with Gasteiger partial charge in [0.2, 0.25) is 0 Å². The van der Waals surface area contributed by atoms with Gasteiger partial charge in [-0.05, 0) is 12.1 Å². The Kier molecular flexibility index (Phi) is 4.92. The largest absolute Gasteiger partial charge is 0.481 e. The fourth-order valence-electron chi connectivity index (χ4n) is 0.808. The second-order valence-corrected chi connectivity index (χ2v) is 4.24. The summed E-state index contributed by atoms with van der Waals surface area (Å²) in [7, 11) is 0. The van der Waals surface area contributed by atoms with Crippen molar-refractivity contribution in [1.29, 1.82) is 0 Å². The molecule has 0 aliphatic heterocycles. The summed E-state index contributed by atoms with van der Waals surface area (Å²) < 4.78 is 0.404. The molecule has 0 saturated carbocycles. The maximum atomic E-state index is 10.2. The number of hydrogen-bond acceptors (Lipinski definition) is 4. The number of carbonyl (C=O) groups is 1. The molecule has 80 valence electrons. The number of thioether (sulfide) groups is 1. The first-order valence-electron chi connectivity index (χ1n) is 4.14. The SMILES string of the molecule is O=C(O)CSC(=S)NNc1ccccc1. The van der Waals surface area contributed by atoms with Gasteiger partial charge < -0.3 is 5.11 Å². The summed E-state index contributed by atoms with van der Waals surface area (Å²) in [5, 5.41) is 8.42. The van der Waals surface area contributed by atoms with Crippen molar-refractivity contribution in [3.05, 3.63) is 30.3 Å². The smallest absolute Gasteiger partial charge is 0.313 e.